The number of benzene rings is 1. The van der Waals surface area contributed by atoms with Gasteiger partial charge in [-0.15, -0.1) is 0 Å². The molecule has 1 atom stereocenters. The van der Waals surface area contributed by atoms with E-state index in [0.717, 1.165) is 19.0 Å². The van der Waals surface area contributed by atoms with Crippen LogP contribution < -0.4 is 10.2 Å². The summed E-state index contributed by atoms with van der Waals surface area (Å²) in [6.45, 7) is 13.1. The Labute approximate surface area is 133 Å². The van der Waals surface area contributed by atoms with Crippen molar-refractivity contribution in [2.24, 2.45) is 5.92 Å². The molecule has 1 aromatic rings. The Morgan fingerprint density at radius 2 is 1.95 bits per heavy atom. The summed E-state index contributed by atoms with van der Waals surface area (Å²) in [6.07, 6.45) is 1.22. The van der Waals surface area contributed by atoms with Gasteiger partial charge >= 0.3 is 0 Å². The van der Waals surface area contributed by atoms with Gasteiger partial charge in [0.1, 0.15) is 0 Å². The Bertz CT molecular complexity index is 423. The summed E-state index contributed by atoms with van der Waals surface area (Å²) in [5, 5.41) is 3.53. The van der Waals surface area contributed by atoms with E-state index >= 15 is 0 Å². The largest absolute Gasteiger partial charge is 0.374 e. The lowest BCUT2D eigenvalue weighted by atomic mass is 10.1. The van der Waals surface area contributed by atoms with Crippen LogP contribution in [0.2, 0.25) is 0 Å². The quantitative estimate of drug-likeness (QED) is 0.798. The number of hydrogen-bond donors (Lipinski definition) is 1. The molecule has 0 aliphatic rings. The van der Waals surface area contributed by atoms with E-state index in [9.17, 15) is 0 Å². The van der Waals surface area contributed by atoms with E-state index < -0.39 is 0 Å². The van der Waals surface area contributed by atoms with Crippen molar-refractivity contribution < 1.29 is 0 Å². The maximum Gasteiger partial charge on any atom is 0.0375 e. The number of hydrogen-bond acceptors (Lipinski definition) is 2. The molecule has 0 heterocycles. The summed E-state index contributed by atoms with van der Waals surface area (Å²) in [6, 6.07) is 6.65. The van der Waals surface area contributed by atoms with Gasteiger partial charge in [-0.1, -0.05) is 42.3 Å². The monoisotopic (exact) mass is 340 g/mol. The first kappa shape index (κ1) is 17.5. The van der Waals surface area contributed by atoms with E-state index in [1.54, 1.807) is 0 Å². The van der Waals surface area contributed by atoms with E-state index in [2.05, 4.69) is 86.0 Å². The lowest BCUT2D eigenvalue weighted by Gasteiger charge is -2.24. The third-order valence-electron chi connectivity index (χ3n) is 3.57. The summed E-state index contributed by atoms with van der Waals surface area (Å²) in [5.74, 6) is 0.723. The highest BCUT2D eigenvalue weighted by atomic mass is 79.9. The zero-order valence-electron chi connectivity index (χ0n) is 13.8. The fourth-order valence-corrected chi connectivity index (χ4v) is 2.49. The summed E-state index contributed by atoms with van der Waals surface area (Å²) < 4.78 is 1.18. The van der Waals surface area contributed by atoms with Crippen LogP contribution in [0.3, 0.4) is 0 Å². The highest BCUT2D eigenvalue weighted by Crippen LogP contribution is 2.24. The van der Waals surface area contributed by atoms with Gasteiger partial charge < -0.3 is 10.2 Å². The number of rotatable bonds is 6. The van der Waals surface area contributed by atoms with Crippen molar-refractivity contribution in [2.45, 2.75) is 53.1 Å². The molecule has 0 bridgehead atoms. The van der Waals surface area contributed by atoms with Gasteiger partial charge in [0.25, 0.3) is 0 Å². The highest BCUT2D eigenvalue weighted by Gasteiger charge is 2.11. The molecule has 1 rings (SSSR count). The molecule has 0 radical (unpaired) electrons. The molecule has 0 aliphatic heterocycles. The van der Waals surface area contributed by atoms with Crippen molar-refractivity contribution in [3.05, 3.63) is 28.2 Å². The minimum absolute atomic E-state index is 0.144. The fraction of sp³-hybridized carbons (Fsp3) is 0.647. The molecule has 1 unspecified atom stereocenters. The average Bonchev–Trinajstić information content (AvgIpc) is 2.35. The van der Waals surface area contributed by atoms with Crippen molar-refractivity contribution in [3.8, 4) is 0 Å². The molecular formula is C17H29BrN2. The number of halogens is 1. The normalized spacial score (nSPS) is 13.3. The number of anilines is 1. The average molecular weight is 341 g/mol. The Hall–Kier alpha value is -0.540. The Morgan fingerprint density at radius 3 is 2.45 bits per heavy atom. The lowest BCUT2D eigenvalue weighted by molar-refractivity contribution is 0.424. The second-order valence-corrected chi connectivity index (χ2v) is 7.63. The molecule has 20 heavy (non-hydrogen) atoms. The standard InChI is InChI=1S/C17H29BrN2/c1-7-13(2)12-20(6)15-9-8-14(16(18)10-15)11-19-17(3,4)5/h8-10,13,19H,7,11-12H2,1-6H3. The fourth-order valence-electron chi connectivity index (χ4n) is 1.98. The Kier molecular flexibility index (Phi) is 6.53. The van der Waals surface area contributed by atoms with Crippen molar-refractivity contribution >= 4 is 21.6 Å². The zero-order valence-corrected chi connectivity index (χ0v) is 15.3. The van der Waals surface area contributed by atoms with E-state index in [1.807, 2.05) is 0 Å². The van der Waals surface area contributed by atoms with Gasteiger partial charge in [0.15, 0.2) is 0 Å². The molecule has 0 aliphatic carbocycles. The molecule has 1 N–H and O–H groups in total. The number of nitrogens with one attached hydrogen (secondary N) is 1. The minimum atomic E-state index is 0.144. The van der Waals surface area contributed by atoms with Crippen LogP contribution in [-0.2, 0) is 6.54 Å². The zero-order chi connectivity index (χ0) is 15.3. The molecule has 0 amide bonds. The molecule has 0 aromatic heterocycles. The van der Waals surface area contributed by atoms with Gasteiger partial charge in [0, 0.05) is 35.8 Å². The van der Waals surface area contributed by atoms with Gasteiger partial charge in [-0.2, -0.15) is 0 Å². The first-order valence-corrected chi connectivity index (χ1v) is 8.27. The van der Waals surface area contributed by atoms with Crippen LogP contribution in [0.5, 0.6) is 0 Å². The van der Waals surface area contributed by atoms with Gasteiger partial charge in [0.2, 0.25) is 0 Å². The molecule has 0 saturated heterocycles. The van der Waals surface area contributed by atoms with Crippen LogP contribution in [-0.4, -0.2) is 19.1 Å². The molecule has 2 nitrogen and oxygen atoms in total. The minimum Gasteiger partial charge on any atom is -0.374 e. The van der Waals surface area contributed by atoms with Crippen molar-refractivity contribution in [1.82, 2.24) is 5.32 Å². The highest BCUT2D eigenvalue weighted by molar-refractivity contribution is 9.10. The molecule has 0 fully saturated rings. The molecule has 1 aromatic carbocycles. The van der Waals surface area contributed by atoms with Crippen LogP contribution >= 0.6 is 15.9 Å². The third kappa shape index (κ3) is 5.84. The molecular weight excluding hydrogens is 312 g/mol. The molecule has 0 spiro atoms. The second kappa shape index (κ2) is 7.46. The number of nitrogens with zero attached hydrogens (tertiary/aromatic N) is 1. The summed E-state index contributed by atoms with van der Waals surface area (Å²) in [7, 11) is 2.17. The van der Waals surface area contributed by atoms with Crippen LogP contribution in [0.25, 0.3) is 0 Å². The first-order valence-electron chi connectivity index (χ1n) is 7.47. The second-order valence-electron chi connectivity index (χ2n) is 6.77. The molecule has 114 valence electrons. The van der Waals surface area contributed by atoms with Gasteiger partial charge in [-0.3, -0.25) is 0 Å². The molecule has 0 saturated carbocycles. The predicted octanol–water partition coefficient (Wildman–Crippen LogP) is 4.82. The molecule has 3 heteroatoms. The predicted molar refractivity (Wildman–Crippen MR) is 93.5 cm³/mol. The summed E-state index contributed by atoms with van der Waals surface area (Å²) >= 11 is 3.70. The van der Waals surface area contributed by atoms with Crippen LogP contribution in [0.4, 0.5) is 5.69 Å². The lowest BCUT2D eigenvalue weighted by Crippen LogP contribution is -2.35. The van der Waals surface area contributed by atoms with Gasteiger partial charge in [0.05, 0.1) is 0 Å². The van der Waals surface area contributed by atoms with Gasteiger partial charge in [-0.25, -0.2) is 0 Å². The van der Waals surface area contributed by atoms with Crippen molar-refractivity contribution in [1.29, 1.82) is 0 Å². The maximum absolute atomic E-state index is 3.70. The van der Waals surface area contributed by atoms with E-state index in [-0.39, 0.29) is 5.54 Å². The van der Waals surface area contributed by atoms with Crippen LogP contribution in [0.15, 0.2) is 22.7 Å². The van der Waals surface area contributed by atoms with E-state index in [1.165, 1.54) is 22.1 Å². The Morgan fingerprint density at radius 1 is 1.30 bits per heavy atom. The van der Waals surface area contributed by atoms with Crippen LogP contribution in [0.1, 0.15) is 46.6 Å². The van der Waals surface area contributed by atoms with E-state index in [0.29, 0.717) is 0 Å². The smallest absolute Gasteiger partial charge is 0.0375 e. The summed E-state index contributed by atoms with van der Waals surface area (Å²) in [4.78, 5) is 2.33. The van der Waals surface area contributed by atoms with E-state index in [4.69, 9.17) is 0 Å². The Balaban J connectivity index is 2.72. The SMILES string of the molecule is CCC(C)CN(C)c1ccc(CNC(C)(C)C)c(Br)c1. The van der Waals surface area contributed by atoms with Crippen LogP contribution in [0, 0.1) is 5.92 Å². The van der Waals surface area contributed by atoms with Crippen molar-refractivity contribution in [3.63, 3.8) is 0 Å². The summed E-state index contributed by atoms with van der Waals surface area (Å²) in [5.41, 5.74) is 2.73. The maximum atomic E-state index is 3.70. The van der Waals surface area contributed by atoms with Gasteiger partial charge in [-0.05, 0) is 44.4 Å². The first-order chi connectivity index (χ1) is 9.23. The third-order valence-corrected chi connectivity index (χ3v) is 4.31. The van der Waals surface area contributed by atoms with Crippen molar-refractivity contribution in [2.75, 3.05) is 18.5 Å². The topological polar surface area (TPSA) is 15.3 Å².